The van der Waals surface area contributed by atoms with Gasteiger partial charge in [0.05, 0.1) is 16.8 Å². The molecule has 0 saturated heterocycles. The van der Waals surface area contributed by atoms with Crippen LogP contribution in [-0.2, 0) is 16.0 Å². The summed E-state index contributed by atoms with van der Waals surface area (Å²) in [5.74, 6) is -1.32. The molecule has 2 N–H and O–H groups in total. The van der Waals surface area contributed by atoms with E-state index in [1.807, 2.05) is 41.8 Å². The first-order chi connectivity index (χ1) is 16.1. The lowest BCUT2D eigenvalue weighted by Crippen LogP contribution is -2.41. The number of thiophene rings is 1. The molecule has 7 nitrogen and oxygen atoms in total. The Balaban J connectivity index is 1.63. The molecule has 1 aliphatic carbocycles. The zero-order chi connectivity index (χ0) is 23.2. The number of para-hydroxylation sites is 1. The number of nitrogens with zero attached hydrogens (tertiary/aromatic N) is 1. The molecule has 0 radical (unpaired) electrons. The van der Waals surface area contributed by atoms with Crippen LogP contribution in [0.25, 0.3) is 22.6 Å². The van der Waals surface area contributed by atoms with Crippen LogP contribution in [0.5, 0.6) is 0 Å². The van der Waals surface area contributed by atoms with Gasteiger partial charge >= 0.3 is 12.0 Å². The minimum atomic E-state index is -0.713. The quantitative estimate of drug-likeness (QED) is 0.420. The molecule has 0 spiro atoms. The van der Waals surface area contributed by atoms with Gasteiger partial charge in [-0.1, -0.05) is 30.3 Å². The summed E-state index contributed by atoms with van der Waals surface area (Å²) in [6.07, 6.45) is 6.05. The van der Waals surface area contributed by atoms with Gasteiger partial charge in [0.2, 0.25) is 0 Å². The summed E-state index contributed by atoms with van der Waals surface area (Å²) in [4.78, 5) is 42.8. The van der Waals surface area contributed by atoms with Crippen LogP contribution in [0.1, 0.15) is 39.3 Å². The van der Waals surface area contributed by atoms with Gasteiger partial charge in [-0.2, -0.15) is 0 Å². The van der Waals surface area contributed by atoms with Crippen molar-refractivity contribution in [3.05, 3.63) is 76.1 Å². The number of pyridine rings is 1. The second kappa shape index (κ2) is 10.2. The van der Waals surface area contributed by atoms with Crippen LogP contribution in [0.15, 0.2) is 54.4 Å². The number of allylic oxidation sites excluding steroid dienone is 1. The average molecular weight is 462 g/mol. The molecule has 1 aliphatic rings. The van der Waals surface area contributed by atoms with Crippen LogP contribution in [0.3, 0.4) is 0 Å². The van der Waals surface area contributed by atoms with Crippen LogP contribution in [0.4, 0.5) is 4.79 Å². The van der Waals surface area contributed by atoms with E-state index >= 15 is 0 Å². The molecule has 3 aromatic rings. The fourth-order valence-electron chi connectivity index (χ4n) is 3.83. The number of fused-ring (bicyclic) bond motifs is 2. The molecular weight excluding hydrogens is 438 g/mol. The van der Waals surface area contributed by atoms with Gasteiger partial charge in [0.1, 0.15) is 0 Å². The number of urea groups is 1. The maximum absolute atomic E-state index is 13.2. The van der Waals surface area contributed by atoms with Crippen molar-refractivity contribution >= 4 is 51.8 Å². The number of aromatic nitrogens is 1. The van der Waals surface area contributed by atoms with Crippen molar-refractivity contribution in [1.29, 1.82) is 0 Å². The predicted molar refractivity (Wildman–Crippen MR) is 129 cm³/mol. The number of esters is 1. The summed E-state index contributed by atoms with van der Waals surface area (Å²) >= 11 is 1.65. The molecule has 33 heavy (non-hydrogen) atoms. The average Bonchev–Trinajstić information content (AvgIpc) is 3.33. The lowest BCUT2D eigenvalue weighted by molar-refractivity contribution is -0.123. The standard InChI is InChI=1S/C25H23N3O4S/c1-2-12-26-25(31)28-21(29)15-32-24(30)22-18-9-3-4-11-20(18)27-23-16(7-5-10-19(22)23)14-17-8-6-13-33-17/h2-4,6,8-9,11,13-14H,1,5,7,10,12,15H2,(H2,26,28,29,31). The van der Waals surface area contributed by atoms with Crippen molar-refractivity contribution in [2.45, 2.75) is 19.3 Å². The van der Waals surface area contributed by atoms with Crippen LogP contribution in [0.2, 0.25) is 0 Å². The summed E-state index contributed by atoms with van der Waals surface area (Å²) in [5.41, 5.74) is 3.83. The van der Waals surface area contributed by atoms with E-state index in [9.17, 15) is 14.4 Å². The molecule has 0 saturated carbocycles. The third kappa shape index (κ3) is 5.18. The first-order valence-electron chi connectivity index (χ1n) is 10.6. The summed E-state index contributed by atoms with van der Waals surface area (Å²) in [7, 11) is 0. The maximum atomic E-state index is 13.2. The molecule has 168 valence electrons. The van der Waals surface area contributed by atoms with Crippen LogP contribution < -0.4 is 10.6 Å². The number of nitrogens with one attached hydrogen (secondary N) is 2. The Morgan fingerprint density at radius 3 is 2.79 bits per heavy atom. The topological polar surface area (TPSA) is 97.4 Å². The number of hydrogen-bond donors (Lipinski definition) is 2. The van der Waals surface area contributed by atoms with E-state index < -0.39 is 24.5 Å². The van der Waals surface area contributed by atoms with E-state index in [4.69, 9.17) is 9.72 Å². The number of amides is 3. The zero-order valence-electron chi connectivity index (χ0n) is 17.9. The molecule has 1 aromatic carbocycles. The highest BCUT2D eigenvalue weighted by Crippen LogP contribution is 2.36. The van der Waals surface area contributed by atoms with Gasteiger partial charge in [-0.25, -0.2) is 14.6 Å². The molecule has 0 aliphatic heterocycles. The van der Waals surface area contributed by atoms with Crippen molar-refractivity contribution in [3.8, 4) is 0 Å². The van der Waals surface area contributed by atoms with Crippen molar-refractivity contribution in [3.63, 3.8) is 0 Å². The summed E-state index contributed by atoms with van der Waals surface area (Å²) in [6, 6.07) is 10.8. The highest BCUT2D eigenvalue weighted by molar-refractivity contribution is 7.10. The Labute approximate surface area is 195 Å². The van der Waals surface area contributed by atoms with E-state index in [1.165, 1.54) is 6.08 Å². The molecule has 8 heteroatoms. The molecule has 0 fully saturated rings. The number of benzene rings is 1. The molecule has 2 aromatic heterocycles. The Morgan fingerprint density at radius 1 is 1.15 bits per heavy atom. The SMILES string of the molecule is C=CCNC(=O)NC(=O)COC(=O)c1c2c(nc3ccccc13)C(=Cc1cccs1)CCC2. The molecular formula is C25H23N3O4S. The summed E-state index contributed by atoms with van der Waals surface area (Å²) in [5, 5.41) is 7.25. The summed E-state index contributed by atoms with van der Waals surface area (Å²) < 4.78 is 5.31. The van der Waals surface area contributed by atoms with Gasteiger partial charge in [0, 0.05) is 16.8 Å². The van der Waals surface area contributed by atoms with Gasteiger partial charge in [0.15, 0.2) is 6.61 Å². The number of ether oxygens (including phenoxy) is 1. The van der Waals surface area contributed by atoms with Gasteiger partial charge in [0.25, 0.3) is 5.91 Å². The van der Waals surface area contributed by atoms with Crippen molar-refractivity contribution in [2.24, 2.45) is 0 Å². The molecule has 0 bridgehead atoms. The van der Waals surface area contributed by atoms with Crippen molar-refractivity contribution in [1.82, 2.24) is 15.6 Å². The minimum Gasteiger partial charge on any atom is -0.452 e. The lowest BCUT2D eigenvalue weighted by Gasteiger charge is -2.22. The molecule has 4 rings (SSSR count). The van der Waals surface area contributed by atoms with Gasteiger partial charge < -0.3 is 10.1 Å². The van der Waals surface area contributed by atoms with E-state index in [1.54, 1.807) is 11.3 Å². The highest BCUT2D eigenvalue weighted by atomic mass is 32.1. The number of hydrogen-bond acceptors (Lipinski definition) is 6. The minimum absolute atomic E-state index is 0.218. The smallest absolute Gasteiger partial charge is 0.339 e. The van der Waals surface area contributed by atoms with Gasteiger partial charge in [-0.05, 0) is 54.0 Å². The fraction of sp³-hybridized carbons (Fsp3) is 0.200. The Hall–Kier alpha value is -3.78. The number of carbonyl (C=O) groups is 3. The van der Waals surface area contributed by atoms with E-state index in [-0.39, 0.29) is 6.54 Å². The van der Waals surface area contributed by atoms with E-state index in [0.29, 0.717) is 22.9 Å². The highest BCUT2D eigenvalue weighted by Gasteiger charge is 2.26. The van der Waals surface area contributed by atoms with Crippen LogP contribution in [-0.4, -0.2) is 36.0 Å². The number of carbonyl (C=O) groups excluding carboxylic acids is 3. The molecule has 0 unspecified atom stereocenters. The fourth-order valence-corrected chi connectivity index (χ4v) is 4.51. The molecule has 2 heterocycles. The van der Waals surface area contributed by atoms with Gasteiger partial charge in [-0.15, -0.1) is 17.9 Å². The Bertz CT molecular complexity index is 1250. The van der Waals surface area contributed by atoms with Crippen molar-refractivity contribution < 1.29 is 19.1 Å². The second-order valence-electron chi connectivity index (χ2n) is 7.49. The normalized spacial score (nSPS) is 13.9. The van der Waals surface area contributed by atoms with Crippen LogP contribution >= 0.6 is 11.3 Å². The third-order valence-corrected chi connectivity index (χ3v) is 6.05. The van der Waals surface area contributed by atoms with E-state index in [2.05, 4.69) is 23.3 Å². The lowest BCUT2D eigenvalue weighted by atomic mass is 9.86. The first-order valence-corrected chi connectivity index (χ1v) is 11.5. The molecule has 3 amide bonds. The second-order valence-corrected chi connectivity index (χ2v) is 8.47. The Kier molecular flexibility index (Phi) is 6.95. The Morgan fingerprint density at radius 2 is 2.00 bits per heavy atom. The number of rotatable bonds is 6. The largest absolute Gasteiger partial charge is 0.452 e. The zero-order valence-corrected chi connectivity index (χ0v) is 18.7. The van der Waals surface area contributed by atoms with Crippen LogP contribution in [0, 0.1) is 0 Å². The van der Waals surface area contributed by atoms with Gasteiger partial charge in [-0.3, -0.25) is 10.1 Å². The first kappa shape index (κ1) is 22.4. The summed E-state index contributed by atoms with van der Waals surface area (Å²) in [6.45, 7) is 3.14. The van der Waals surface area contributed by atoms with Crippen molar-refractivity contribution in [2.75, 3.05) is 13.2 Å². The van der Waals surface area contributed by atoms with E-state index in [0.717, 1.165) is 34.5 Å². The predicted octanol–water partition coefficient (Wildman–Crippen LogP) is 4.34. The molecule has 0 atom stereocenters. The number of imide groups is 1. The maximum Gasteiger partial charge on any atom is 0.339 e. The monoisotopic (exact) mass is 461 g/mol. The third-order valence-electron chi connectivity index (χ3n) is 5.23.